The predicted octanol–water partition coefficient (Wildman–Crippen LogP) is 4.26. The van der Waals surface area contributed by atoms with Crippen LogP contribution >= 0.6 is 15.9 Å². The van der Waals surface area contributed by atoms with E-state index in [2.05, 4.69) is 31.8 Å². The van der Waals surface area contributed by atoms with Gasteiger partial charge in [0, 0.05) is 15.7 Å². The number of rotatable bonds is 6. The second kappa shape index (κ2) is 10.3. The van der Waals surface area contributed by atoms with Crippen LogP contribution in [0.1, 0.15) is 11.1 Å². The summed E-state index contributed by atoms with van der Waals surface area (Å²) >= 11 is 3.39. The monoisotopic (exact) mass is 469 g/mol. The Morgan fingerprint density at radius 3 is 2.40 bits per heavy atom. The average Bonchev–Trinajstić information content (AvgIpc) is 2.75. The molecule has 2 amide bonds. The zero-order chi connectivity index (χ0) is 21.3. The van der Waals surface area contributed by atoms with Crippen molar-refractivity contribution >= 4 is 39.6 Å². The highest BCUT2D eigenvalue weighted by Crippen LogP contribution is 2.18. The van der Waals surface area contributed by atoms with Crippen LogP contribution in [0.3, 0.4) is 0 Å². The lowest BCUT2D eigenvalue weighted by Crippen LogP contribution is -2.32. The Bertz CT molecular complexity index is 1050. The minimum absolute atomic E-state index is 0.298. The molecule has 0 fully saturated rings. The number of anilines is 1. The summed E-state index contributed by atoms with van der Waals surface area (Å²) in [6, 6.07) is 20.0. The maximum Gasteiger partial charge on any atom is 0.329 e. The lowest BCUT2D eigenvalue weighted by Gasteiger charge is -2.09. The normalized spacial score (nSPS) is 10.6. The Morgan fingerprint density at radius 2 is 1.67 bits per heavy atom. The quantitative estimate of drug-likeness (QED) is 0.321. The number of nitrogens with one attached hydrogen (secondary N) is 2. The van der Waals surface area contributed by atoms with Gasteiger partial charge in [0.1, 0.15) is 18.2 Å². The molecule has 0 bridgehead atoms. The molecular formula is C22H17BrFN3O3. The standard InChI is InChI=1S/C22H17BrFN3O3/c23-17-7-5-15(6-8-17)14-30-20-4-2-1-3-16(20)13-25-27-22(29)21(28)26-19-11-9-18(24)10-12-19/h1-13H,14H2,(H,26,28)(H,27,29). The Balaban J connectivity index is 1.56. The number of hydrogen-bond donors (Lipinski definition) is 2. The highest BCUT2D eigenvalue weighted by molar-refractivity contribution is 9.10. The van der Waals surface area contributed by atoms with E-state index in [9.17, 15) is 14.0 Å². The van der Waals surface area contributed by atoms with Gasteiger partial charge in [-0.2, -0.15) is 5.10 Å². The number of amides is 2. The molecule has 0 aliphatic carbocycles. The molecule has 0 aliphatic rings. The maximum absolute atomic E-state index is 12.9. The number of nitrogens with zero attached hydrogens (tertiary/aromatic N) is 1. The Morgan fingerprint density at radius 1 is 0.967 bits per heavy atom. The summed E-state index contributed by atoms with van der Waals surface area (Å²) in [5.41, 5.74) is 4.08. The van der Waals surface area contributed by atoms with Gasteiger partial charge in [-0.15, -0.1) is 0 Å². The van der Waals surface area contributed by atoms with Crippen molar-refractivity contribution in [3.8, 4) is 5.75 Å². The third kappa shape index (κ3) is 6.25. The van der Waals surface area contributed by atoms with Crippen LogP contribution < -0.4 is 15.5 Å². The number of para-hydroxylation sites is 1. The average molecular weight is 470 g/mol. The van der Waals surface area contributed by atoms with Crippen molar-refractivity contribution in [1.29, 1.82) is 0 Å². The summed E-state index contributed by atoms with van der Waals surface area (Å²) in [6.07, 6.45) is 1.39. The Kier molecular flexibility index (Phi) is 7.29. The van der Waals surface area contributed by atoms with E-state index in [1.165, 1.54) is 30.5 Å². The van der Waals surface area contributed by atoms with Gasteiger partial charge in [0.25, 0.3) is 0 Å². The molecular weight excluding hydrogens is 453 g/mol. The van der Waals surface area contributed by atoms with Crippen LogP contribution in [-0.4, -0.2) is 18.0 Å². The summed E-state index contributed by atoms with van der Waals surface area (Å²) in [7, 11) is 0. The molecule has 3 aromatic carbocycles. The van der Waals surface area contributed by atoms with Crippen molar-refractivity contribution < 1.29 is 18.7 Å². The van der Waals surface area contributed by atoms with E-state index in [0.29, 0.717) is 23.6 Å². The highest BCUT2D eigenvalue weighted by atomic mass is 79.9. The SMILES string of the molecule is O=C(NN=Cc1ccccc1OCc1ccc(Br)cc1)C(=O)Nc1ccc(F)cc1. The molecule has 152 valence electrons. The van der Waals surface area contributed by atoms with Gasteiger partial charge in [0.05, 0.1) is 6.21 Å². The zero-order valence-electron chi connectivity index (χ0n) is 15.6. The van der Waals surface area contributed by atoms with Gasteiger partial charge in [0.15, 0.2) is 0 Å². The molecule has 0 aromatic heterocycles. The van der Waals surface area contributed by atoms with Crippen molar-refractivity contribution in [2.45, 2.75) is 6.61 Å². The predicted molar refractivity (Wildman–Crippen MR) is 116 cm³/mol. The molecule has 0 radical (unpaired) electrons. The first-order valence-corrected chi connectivity index (χ1v) is 9.67. The van der Waals surface area contributed by atoms with E-state index in [-0.39, 0.29) is 0 Å². The number of carbonyl (C=O) groups excluding carboxylic acids is 2. The van der Waals surface area contributed by atoms with Gasteiger partial charge in [0.2, 0.25) is 0 Å². The van der Waals surface area contributed by atoms with E-state index >= 15 is 0 Å². The van der Waals surface area contributed by atoms with E-state index in [4.69, 9.17) is 4.74 Å². The Hall–Kier alpha value is -3.52. The highest BCUT2D eigenvalue weighted by Gasteiger charge is 2.13. The first kappa shape index (κ1) is 21.2. The van der Waals surface area contributed by atoms with Gasteiger partial charge < -0.3 is 10.1 Å². The van der Waals surface area contributed by atoms with Crippen molar-refractivity contribution in [3.05, 3.63) is 94.2 Å². The van der Waals surface area contributed by atoms with Crippen LogP contribution in [0.15, 0.2) is 82.4 Å². The molecule has 0 spiro atoms. The molecule has 3 aromatic rings. The van der Waals surface area contributed by atoms with Crippen molar-refractivity contribution in [1.82, 2.24) is 5.43 Å². The van der Waals surface area contributed by atoms with Crippen molar-refractivity contribution in [3.63, 3.8) is 0 Å². The molecule has 6 nitrogen and oxygen atoms in total. The van der Waals surface area contributed by atoms with Gasteiger partial charge in [-0.3, -0.25) is 9.59 Å². The fourth-order valence-electron chi connectivity index (χ4n) is 2.39. The van der Waals surface area contributed by atoms with Gasteiger partial charge in [-0.05, 0) is 54.1 Å². The zero-order valence-corrected chi connectivity index (χ0v) is 17.2. The van der Waals surface area contributed by atoms with Crippen LogP contribution in [0.25, 0.3) is 0 Å². The van der Waals surface area contributed by atoms with Crippen LogP contribution in [0.2, 0.25) is 0 Å². The molecule has 0 saturated carbocycles. The number of ether oxygens (including phenoxy) is 1. The molecule has 2 N–H and O–H groups in total. The molecule has 0 heterocycles. The number of benzene rings is 3. The van der Waals surface area contributed by atoms with Gasteiger partial charge >= 0.3 is 11.8 Å². The van der Waals surface area contributed by atoms with Gasteiger partial charge in [-0.1, -0.05) is 40.2 Å². The minimum atomic E-state index is -0.955. The summed E-state index contributed by atoms with van der Waals surface area (Å²) in [6.45, 7) is 0.366. The van der Waals surface area contributed by atoms with Crippen LogP contribution in [0, 0.1) is 5.82 Å². The largest absolute Gasteiger partial charge is 0.488 e. The molecule has 0 atom stereocenters. The topological polar surface area (TPSA) is 79.8 Å². The number of hydrazone groups is 1. The minimum Gasteiger partial charge on any atom is -0.488 e. The third-order valence-corrected chi connectivity index (χ3v) is 4.43. The summed E-state index contributed by atoms with van der Waals surface area (Å²) in [5.74, 6) is -1.74. The lowest BCUT2D eigenvalue weighted by molar-refractivity contribution is -0.136. The van der Waals surface area contributed by atoms with E-state index < -0.39 is 17.6 Å². The van der Waals surface area contributed by atoms with Gasteiger partial charge in [-0.25, -0.2) is 9.82 Å². The van der Waals surface area contributed by atoms with Crippen LogP contribution in [0.5, 0.6) is 5.75 Å². The first-order valence-electron chi connectivity index (χ1n) is 8.87. The number of hydrogen-bond acceptors (Lipinski definition) is 4. The molecule has 0 saturated heterocycles. The van der Waals surface area contributed by atoms with Crippen LogP contribution in [-0.2, 0) is 16.2 Å². The van der Waals surface area contributed by atoms with Crippen molar-refractivity contribution in [2.75, 3.05) is 5.32 Å². The van der Waals surface area contributed by atoms with E-state index in [0.717, 1.165) is 10.0 Å². The molecule has 3 rings (SSSR count). The summed E-state index contributed by atoms with van der Waals surface area (Å²) in [5, 5.41) is 6.17. The number of carbonyl (C=O) groups is 2. The van der Waals surface area contributed by atoms with E-state index in [1.807, 2.05) is 30.3 Å². The molecule has 0 unspecified atom stereocenters. The lowest BCUT2D eigenvalue weighted by atomic mass is 10.2. The van der Waals surface area contributed by atoms with E-state index in [1.54, 1.807) is 18.2 Å². The Labute approximate surface area is 180 Å². The second-order valence-electron chi connectivity index (χ2n) is 6.11. The third-order valence-electron chi connectivity index (χ3n) is 3.90. The first-order chi connectivity index (χ1) is 14.5. The molecule has 0 aliphatic heterocycles. The van der Waals surface area contributed by atoms with Crippen molar-refractivity contribution in [2.24, 2.45) is 5.10 Å². The molecule has 30 heavy (non-hydrogen) atoms. The fraction of sp³-hybridized carbons (Fsp3) is 0.0455. The molecule has 8 heteroatoms. The summed E-state index contributed by atoms with van der Waals surface area (Å²) in [4.78, 5) is 23.8. The summed E-state index contributed by atoms with van der Waals surface area (Å²) < 4.78 is 19.7. The smallest absolute Gasteiger partial charge is 0.329 e. The number of halogens is 2. The fourth-order valence-corrected chi connectivity index (χ4v) is 2.66. The van der Waals surface area contributed by atoms with Crippen LogP contribution in [0.4, 0.5) is 10.1 Å². The maximum atomic E-state index is 12.9. The second-order valence-corrected chi connectivity index (χ2v) is 7.03.